The number of carbonyl (C=O) groups excluding carboxylic acids is 2. The van der Waals surface area contributed by atoms with Gasteiger partial charge >= 0.3 is 0 Å². The molecule has 3 rings (SSSR count). The average Bonchev–Trinajstić information content (AvgIpc) is 3.17. The van der Waals surface area contributed by atoms with Gasteiger partial charge in [0.15, 0.2) is 0 Å². The van der Waals surface area contributed by atoms with E-state index < -0.39 is 0 Å². The lowest BCUT2D eigenvalue weighted by Crippen LogP contribution is -2.32. The second-order valence-electron chi connectivity index (χ2n) is 5.34. The van der Waals surface area contributed by atoms with Gasteiger partial charge in [-0.1, -0.05) is 12.1 Å². The Bertz CT molecular complexity index is 656. The molecule has 0 radical (unpaired) electrons. The van der Waals surface area contributed by atoms with Crippen molar-refractivity contribution in [3.63, 3.8) is 0 Å². The van der Waals surface area contributed by atoms with Gasteiger partial charge in [-0.25, -0.2) is 0 Å². The molecule has 21 heavy (non-hydrogen) atoms. The van der Waals surface area contributed by atoms with Crippen molar-refractivity contribution in [2.45, 2.75) is 19.3 Å². The topological polar surface area (TPSA) is 65.2 Å². The minimum absolute atomic E-state index is 0.130. The predicted molar refractivity (Wildman–Crippen MR) is 81.1 cm³/mol. The van der Waals surface area contributed by atoms with Crippen molar-refractivity contribution in [1.29, 1.82) is 0 Å². The van der Waals surface area contributed by atoms with Crippen molar-refractivity contribution in [1.82, 2.24) is 15.2 Å². The standard InChI is InChI=1S/C16H19N3O2/c20-14(19-10-1-2-11-19)7-9-18-16(21)13-5-3-4-12-6-8-17-15(12)13/h3-6,8,17H,1-2,7,9-11H2,(H,18,21). The van der Waals surface area contributed by atoms with E-state index in [1.165, 1.54) is 0 Å². The van der Waals surface area contributed by atoms with Crippen LogP contribution in [0.3, 0.4) is 0 Å². The summed E-state index contributed by atoms with van der Waals surface area (Å²) in [6.45, 7) is 2.09. The molecule has 0 aliphatic carbocycles. The summed E-state index contributed by atoms with van der Waals surface area (Å²) in [5.74, 6) is -0.0110. The minimum atomic E-state index is -0.141. The summed E-state index contributed by atoms with van der Waals surface area (Å²) in [6, 6.07) is 7.54. The van der Waals surface area contributed by atoms with E-state index in [1.54, 1.807) is 6.07 Å². The van der Waals surface area contributed by atoms with Gasteiger partial charge in [0.25, 0.3) is 5.91 Å². The molecule has 5 nitrogen and oxygen atoms in total. The van der Waals surface area contributed by atoms with E-state index in [0.717, 1.165) is 36.8 Å². The van der Waals surface area contributed by atoms with Crippen LogP contribution < -0.4 is 5.32 Å². The van der Waals surface area contributed by atoms with Crippen LogP contribution in [-0.2, 0) is 4.79 Å². The molecule has 0 bridgehead atoms. The summed E-state index contributed by atoms with van der Waals surface area (Å²) in [5.41, 5.74) is 1.45. The zero-order valence-electron chi connectivity index (χ0n) is 11.9. The predicted octanol–water partition coefficient (Wildman–Crippen LogP) is 1.91. The highest BCUT2D eigenvalue weighted by atomic mass is 16.2. The summed E-state index contributed by atoms with van der Waals surface area (Å²) in [6.07, 6.45) is 4.37. The number of para-hydroxylation sites is 1. The van der Waals surface area contributed by atoms with Crippen LogP contribution in [0.4, 0.5) is 0 Å². The number of hydrogen-bond acceptors (Lipinski definition) is 2. The molecule has 0 saturated carbocycles. The number of nitrogens with zero attached hydrogens (tertiary/aromatic N) is 1. The number of likely N-dealkylation sites (tertiary alicyclic amines) is 1. The van der Waals surface area contributed by atoms with Gasteiger partial charge in [-0.15, -0.1) is 0 Å². The van der Waals surface area contributed by atoms with Crippen molar-refractivity contribution < 1.29 is 9.59 Å². The lowest BCUT2D eigenvalue weighted by Gasteiger charge is -2.15. The van der Waals surface area contributed by atoms with Crippen LogP contribution >= 0.6 is 0 Å². The highest BCUT2D eigenvalue weighted by Gasteiger charge is 2.17. The third kappa shape index (κ3) is 2.91. The number of rotatable bonds is 4. The SMILES string of the molecule is O=C(NCCC(=O)N1CCCC1)c1cccc2cc[nH]c12. The second kappa shape index (κ2) is 5.99. The Hall–Kier alpha value is -2.30. The maximum atomic E-state index is 12.2. The molecule has 1 aromatic carbocycles. The van der Waals surface area contributed by atoms with Gasteiger partial charge in [0.1, 0.15) is 0 Å². The normalized spacial score (nSPS) is 14.6. The molecule has 5 heteroatoms. The van der Waals surface area contributed by atoms with E-state index in [1.807, 2.05) is 29.3 Å². The average molecular weight is 285 g/mol. The first-order valence-electron chi connectivity index (χ1n) is 7.38. The number of aromatic nitrogens is 1. The van der Waals surface area contributed by atoms with Crippen LogP contribution in [0.1, 0.15) is 29.6 Å². The zero-order valence-corrected chi connectivity index (χ0v) is 11.9. The fourth-order valence-electron chi connectivity index (χ4n) is 2.78. The summed E-state index contributed by atoms with van der Waals surface area (Å²) in [7, 11) is 0. The molecule has 1 aliphatic rings. The zero-order chi connectivity index (χ0) is 14.7. The van der Waals surface area contributed by atoms with Gasteiger partial charge in [-0.2, -0.15) is 0 Å². The van der Waals surface area contributed by atoms with Gasteiger partial charge < -0.3 is 15.2 Å². The highest BCUT2D eigenvalue weighted by molar-refractivity contribution is 6.05. The van der Waals surface area contributed by atoms with Gasteiger partial charge in [0.05, 0.1) is 11.1 Å². The van der Waals surface area contributed by atoms with Crippen LogP contribution in [0.5, 0.6) is 0 Å². The Kier molecular flexibility index (Phi) is 3.90. The largest absolute Gasteiger partial charge is 0.361 e. The van der Waals surface area contributed by atoms with Crippen molar-refractivity contribution in [3.05, 3.63) is 36.0 Å². The summed E-state index contributed by atoms with van der Waals surface area (Å²) >= 11 is 0. The maximum absolute atomic E-state index is 12.2. The quantitative estimate of drug-likeness (QED) is 0.901. The molecule has 1 aromatic heterocycles. The van der Waals surface area contributed by atoms with Crippen molar-refractivity contribution in [2.24, 2.45) is 0 Å². The smallest absolute Gasteiger partial charge is 0.253 e. The monoisotopic (exact) mass is 285 g/mol. The molecule has 1 saturated heterocycles. The number of nitrogens with one attached hydrogen (secondary N) is 2. The molecule has 2 N–H and O–H groups in total. The Morgan fingerprint density at radius 1 is 1.19 bits per heavy atom. The molecular formula is C16H19N3O2. The van der Waals surface area contributed by atoms with Crippen LogP contribution in [0.15, 0.2) is 30.5 Å². The Morgan fingerprint density at radius 3 is 2.81 bits per heavy atom. The van der Waals surface area contributed by atoms with E-state index in [0.29, 0.717) is 18.5 Å². The number of H-pyrrole nitrogens is 1. The van der Waals surface area contributed by atoms with Crippen molar-refractivity contribution >= 4 is 22.7 Å². The van der Waals surface area contributed by atoms with E-state index in [4.69, 9.17) is 0 Å². The molecular weight excluding hydrogens is 266 g/mol. The maximum Gasteiger partial charge on any atom is 0.253 e. The van der Waals surface area contributed by atoms with Crippen LogP contribution in [-0.4, -0.2) is 41.3 Å². The van der Waals surface area contributed by atoms with Crippen LogP contribution in [0.2, 0.25) is 0 Å². The summed E-state index contributed by atoms with van der Waals surface area (Å²) in [4.78, 5) is 29.1. The van der Waals surface area contributed by atoms with Crippen LogP contribution in [0, 0.1) is 0 Å². The lowest BCUT2D eigenvalue weighted by molar-refractivity contribution is -0.129. The fourth-order valence-corrected chi connectivity index (χ4v) is 2.78. The number of amides is 2. The molecule has 2 aromatic rings. The number of benzene rings is 1. The highest BCUT2D eigenvalue weighted by Crippen LogP contribution is 2.16. The molecule has 110 valence electrons. The van der Waals surface area contributed by atoms with Gasteiger partial charge in [-0.05, 0) is 25.0 Å². The minimum Gasteiger partial charge on any atom is -0.361 e. The number of hydrogen-bond donors (Lipinski definition) is 2. The Morgan fingerprint density at radius 2 is 2.00 bits per heavy atom. The molecule has 2 amide bonds. The first-order valence-corrected chi connectivity index (χ1v) is 7.38. The first kappa shape index (κ1) is 13.7. The Balaban J connectivity index is 1.57. The molecule has 1 aliphatic heterocycles. The third-order valence-corrected chi connectivity index (χ3v) is 3.92. The number of carbonyl (C=O) groups is 2. The van der Waals surface area contributed by atoms with Gasteiger partial charge in [0.2, 0.25) is 5.91 Å². The van der Waals surface area contributed by atoms with Gasteiger partial charge in [-0.3, -0.25) is 9.59 Å². The third-order valence-electron chi connectivity index (χ3n) is 3.92. The first-order chi connectivity index (χ1) is 10.3. The molecule has 0 unspecified atom stereocenters. The van der Waals surface area contributed by atoms with Crippen molar-refractivity contribution in [2.75, 3.05) is 19.6 Å². The van der Waals surface area contributed by atoms with E-state index in [2.05, 4.69) is 10.3 Å². The van der Waals surface area contributed by atoms with E-state index >= 15 is 0 Å². The Labute approximate surface area is 123 Å². The molecule has 1 fully saturated rings. The summed E-state index contributed by atoms with van der Waals surface area (Å²) in [5, 5.41) is 3.84. The van der Waals surface area contributed by atoms with E-state index in [9.17, 15) is 9.59 Å². The lowest BCUT2D eigenvalue weighted by atomic mass is 10.1. The number of aromatic amines is 1. The molecule has 2 heterocycles. The molecule has 0 atom stereocenters. The van der Waals surface area contributed by atoms with E-state index in [-0.39, 0.29) is 11.8 Å². The summed E-state index contributed by atoms with van der Waals surface area (Å²) < 4.78 is 0. The van der Waals surface area contributed by atoms with Crippen molar-refractivity contribution in [3.8, 4) is 0 Å². The second-order valence-corrected chi connectivity index (χ2v) is 5.34. The van der Waals surface area contributed by atoms with Gasteiger partial charge in [0, 0.05) is 37.6 Å². The van der Waals surface area contributed by atoms with Crippen LogP contribution in [0.25, 0.3) is 10.9 Å². The molecule has 0 spiro atoms. The number of fused-ring (bicyclic) bond motifs is 1. The fraction of sp³-hybridized carbons (Fsp3) is 0.375.